The molecule has 1 aromatic heterocycles. The molecule has 0 saturated carbocycles. The van der Waals surface area contributed by atoms with Gasteiger partial charge in [-0.1, -0.05) is 35.5 Å². The van der Waals surface area contributed by atoms with Gasteiger partial charge in [-0.15, -0.1) is 0 Å². The van der Waals surface area contributed by atoms with Crippen molar-refractivity contribution in [2.24, 2.45) is 0 Å². The number of hydrogen-bond acceptors (Lipinski definition) is 5. The highest BCUT2D eigenvalue weighted by Crippen LogP contribution is 2.36. The molecular weight excluding hydrogens is 467 g/mol. The fourth-order valence-corrected chi connectivity index (χ4v) is 4.00. The first-order valence-corrected chi connectivity index (χ1v) is 10.8. The summed E-state index contributed by atoms with van der Waals surface area (Å²) in [7, 11) is 1.55. The van der Waals surface area contributed by atoms with Crippen LogP contribution >= 0.6 is 23.4 Å². The number of halogens is 4. The molecule has 0 fully saturated rings. The number of benzene rings is 2. The van der Waals surface area contributed by atoms with E-state index in [1.165, 1.54) is 10.6 Å². The molecule has 0 aliphatic heterocycles. The van der Waals surface area contributed by atoms with E-state index in [-0.39, 0.29) is 16.3 Å². The molecule has 3 aromatic rings. The number of fused-ring (bicyclic) bond motifs is 1. The van der Waals surface area contributed by atoms with Crippen molar-refractivity contribution in [2.45, 2.75) is 24.3 Å². The van der Waals surface area contributed by atoms with Gasteiger partial charge >= 0.3 is 6.18 Å². The Hall–Kier alpha value is -2.56. The number of methoxy groups -OCH3 is 1. The van der Waals surface area contributed by atoms with E-state index in [1.807, 2.05) is 0 Å². The Labute approximate surface area is 190 Å². The van der Waals surface area contributed by atoms with Gasteiger partial charge in [0, 0.05) is 25.3 Å². The number of carbonyl (C=O) groups excluding carboxylic acids is 1. The lowest BCUT2D eigenvalue weighted by Gasteiger charge is -2.15. The lowest BCUT2D eigenvalue weighted by atomic mass is 10.1. The summed E-state index contributed by atoms with van der Waals surface area (Å²) >= 11 is 6.64. The van der Waals surface area contributed by atoms with E-state index < -0.39 is 23.3 Å². The van der Waals surface area contributed by atoms with E-state index in [0.717, 1.165) is 23.9 Å². The van der Waals surface area contributed by atoms with Crippen molar-refractivity contribution in [3.05, 3.63) is 63.4 Å². The second-order valence-electron chi connectivity index (χ2n) is 6.74. The summed E-state index contributed by atoms with van der Waals surface area (Å²) < 4.78 is 46.2. The van der Waals surface area contributed by atoms with Crippen LogP contribution in [0.3, 0.4) is 0 Å². The average Bonchev–Trinajstić information content (AvgIpc) is 2.74. The predicted octanol–water partition coefficient (Wildman–Crippen LogP) is 4.84. The highest BCUT2D eigenvalue weighted by atomic mass is 35.5. The molecule has 1 heterocycles. The molecule has 0 atom stereocenters. The fourth-order valence-electron chi connectivity index (χ4n) is 3.00. The van der Waals surface area contributed by atoms with Gasteiger partial charge in [-0.25, -0.2) is 4.98 Å². The van der Waals surface area contributed by atoms with Crippen LogP contribution in [-0.2, 0) is 22.3 Å². The Balaban J connectivity index is 1.82. The van der Waals surface area contributed by atoms with Gasteiger partial charge in [0.1, 0.15) is 0 Å². The molecule has 0 radical (unpaired) electrons. The van der Waals surface area contributed by atoms with Gasteiger partial charge in [-0.3, -0.25) is 14.2 Å². The fraction of sp³-hybridized carbons (Fsp3) is 0.286. The van der Waals surface area contributed by atoms with Crippen LogP contribution in [0.4, 0.5) is 18.9 Å². The molecule has 0 bridgehead atoms. The Bertz CT molecular complexity index is 1180. The Morgan fingerprint density at radius 2 is 2.00 bits per heavy atom. The first kappa shape index (κ1) is 24.1. The standard InChI is InChI=1S/C21H19ClF3N3O3S/c1-31-10-4-9-28-19(30)14-5-2-3-6-16(14)27-20(28)32-12-18(29)26-17-8-7-13(22)11-15(17)21(23,24)25/h2-3,5-8,11H,4,9-10,12H2,1H3,(H,26,29). The zero-order chi connectivity index (χ0) is 23.3. The van der Waals surface area contributed by atoms with E-state index in [0.29, 0.717) is 35.6 Å². The average molecular weight is 486 g/mol. The molecule has 3 rings (SSSR count). The van der Waals surface area contributed by atoms with Gasteiger partial charge in [0.15, 0.2) is 5.16 Å². The summed E-state index contributed by atoms with van der Waals surface area (Å²) in [6.07, 6.45) is -4.13. The summed E-state index contributed by atoms with van der Waals surface area (Å²) in [6.45, 7) is 0.754. The molecule has 0 aliphatic carbocycles. The molecule has 0 spiro atoms. The summed E-state index contributed by atoms with van der Waals surface area (Å²) in [5.41, 5.74) is -1.22. The molecule has 1 N–H and O–H groups in total. The summed E-state index contributed by atoms with van der Waals surface area (Å²) in [4.78, 5) is 29.8. The Morgan fingerprint density at radius 3 is 2.72 bits per heavy atom. The van der Waals surface area contributed by atoms with Crippen molar-refractivity contribution < 1.29 is 22.7 Å². The van der Waals surface area contributed by atoms with Gasteiger partial charge < -0.3 is 10.1 Å². The van der Waals surface area contributed by atoms with Crippen molar-refractivity contribution in [2.75, 3.05) is 24.8 Å². The minimum atomic E-state index is -4.68. The first-order valence-electron chi connectivity index (χ1n) is 9.48. The molecule has 1 amide bonds. The van der Waals surface area contributed by atoms with E-state index in [9.17, 15) is 22.8 Å². The minimum Gasteiger partial charge on any atom is -0.385 e. The highest BCUT2D eigenvalue weighted by molar-refractivity contribution is 7.99. The summed E-state index contributed by atoms with van der Waals surface area (Å²) in [5, 5.41) is 2.91. The van der Waals surface area contributed by atoms with Gasteiger partial charge in [0.25, 0.3) is 5.56 Å². The normalized spacial score (nSPS) is 11.7. The quantitative estimate of drug-likeness (QED) is 0.281. The number of rotatable bonds is 8. The number of anilines is 1. The SMILES string of the molecule is COCCCn1c(SCC(=O)Nc2ccc(Cl)cc2C(F)(F)F)nc2ccccc2c1=O. The summed E-state index contributed by atoms with van der Waals surface area (Å²) in [6, 6.07) is 9.94. The monoisotopic (exact) mass is 485 g/mol. The van der Waals surface area contributed by atoms with Crippen molar-refractivity contribution >= 4 is 45.9 Å². The van der Waals surface area contributed by atoms with Gasteiger partial charge in [-0.2, -0.15) is 13.2 Å². The second kappa shape index (κ2) is 10.4. The third-order valence-corrected chi connectivity index (χ3v) is 5.66. The Morgan fingerprint density at radius 1 is 1.25 bits per heavy atom. The second-order valence-corrected chi connectivity index (χ2v) is 8.12. The smallest absolute Gasteiger partial charge is 0.385 e. The molecule has 32 heavy (non-hydrogen) atoms. The van der Waals surface area contributed by atoms with E-state index in [1.54, 1.807) is 31.4 Å². The van der Waals surface area contributed by atoms with Crippen LogP contribution < -0.4 is 10.9 Å². The largest absolute Gasteiger partial charge is 0.418 e. The zero-order valence-electron chi connectivity index (χ0n) is 16.9. The molecule has 0 saturated heterocycles. The number of ether oxygens (including phenoxy) is 1. The maximum atomic E-state index is 13.2. The lowest BCUT2D eigenvalue weighted by Crippen LogP contribution is -2.25. The van der Waals surface area contributed by atoms with Gasteiger partial charge in [0.2, 0.25) is 5.91 Å². The highest BCUT2D eigenvalue weighted by Gasteiger charge is 2.34. The number of nitrogens with one attached hydrogen (secondary N) is 1. The van der Waals surface area contributed by atoms with E-state index >= 15 is 0 Å². The third-order valence-electron chi connectivity index (χ3n) is 4.45. The molecular formula is C21H19ClF3N3O3S. The predicted molar refractivity (Wildman–Crippen MR) is 118 cm³/mol. The number of aromatic nitrogens is 2. The number of thioether (sulfide) groups is 1. The molecule has 170 valence electrons. The number of nitrogens with zero attached hydrogens (tertiary/aromatic N) is 2. The van der Waals surface area contributed by atoms with Crippen LogP contribution in [0, 0.1) is 0 Å². The number of para-hydroxylation sites is 1. The first-order chi connectivity index (χ1) is 15.2. The van der Waals surface area contributed by atoms with Crippen LogP contribution in [0.2, 0.25) is 5.02 Å². The van der Waals surface area contributed by atoms with Crippen molar-refractivity contribution in [1.82, 2.24) is 9.55 Å². The van der Waals surface area contributed by atoms with Crippen LogP contribution in [0.15, 0.2) is 52.4 Å². The van der Waals surface area contributed by atoms with Crippen molar-refractivity contribution in [3.63, 3.8) is 0 Å². The maximum absolute atomic E-state index is 13.2. The van der Waals surface area contributed by atoms with Gasteiger partial charge in [0.05, 0.1) is 27.9 Å². The maximum Gasteiger partial charge on any atom is 0.418 e. The van der Waals surface area contributed by atoms with Crippen LogP contribution in [0.5, 0.6) is 0 Å². The molecule has 0 unspecified atom stereocenters. The number of amides is 1. The molecule has 6 nitrogen and oxygen atoms in total. The molecule has 2 aromatic carbocycles. The van der Waals surface area contributed by atoms with Gasteiger partial charge in [-0.05, 0) is 36.8 Å². The number of hydrogen-bond donors (Lipinski definition) is 1. The number of carbonyl (C=O) groups is 1. The Kier molecular flexibility index (Phi) is 7.81. The van der Waals surface area contributed by atoms with E-state index in [2.05, 4.69) is 10.3 Å². The zero-order valence-corrected chi connectivity index (χ0v) is 18.5. The lowest BCUT2D eigenvalue weighted by molar-refractivity contribution is -0.137. The van der Waals surface area contributed by atoms with Crippen LogP contribution in [-0.4, -0.2) is 34.9 Å². The molecule has 11 heteroatoms. The van der Waals surface area contributed by atoms with E-state index in [4.69, 9.17) is 16.3 Å². The minimum absolute atomic E-state index is 0.0925. The van der Waals surface area contributed by atoms with Crippen molar-refractivity contribution in [3.8, 4) is 0 Å². The third kappa shape index (κ3) is 5.81. The van der Waals surface area contributed by atoms with Crippen LogP contribution in [0.1, 0.15) is 12.0 Å². The number of alkyl halides is 3. The topological polar surface area (TPSA) is 73.2 Å². The van der Waals surface area contributed by atoms with Crippen LogP contribution in [0.25, 0.3) is 10.9 Å². The molecule has 0 aliphatic rings. The van der Waals surface area contributed by atoms with Crippen molar-refractivity contribution in [1.29, 1.82) is 0 Å². The summed E-state index contributed by atoms with van der Waals surface area (Å²) in [5.74, 6) is -0.914.